The first-order valence-corrected chi connectivity index (χ1v) is 12.1. The maximum Gasteiger partial charge on any atom is 0.153 e. The van der Waals surface area contributed by atoms with E-state index in [9.17, 15) is 8.42 Å². The topological polar surface area (TPSA) is 97.3 Å². The summed E-state index contributed by atoms with van der Waals surface area (Å²) in [5, 5.41) is 4.25. The third-order valence-electron chi connectivity index (χ3n) is 5.53. The van der Waals surface area contributed by atoms with Crippen LogP contribution in [-0.4, -0.2) is 55.1 Å². The summed E-state index contributed by atoms with van der Waals surface area (Å²) in [7, 11) is -1.23. The van der Waals surface area contributed by atoms with Crippen molar-refractivity contribution in [3.63, 3.8) is 0 Å². The Morgan fingerprint density at radius 2 is 1.81 bits per heavy atom. The molecule has 0 radical (unpaired) electrons. The third kappa shape index (κ3) is 4.41. The first-order chi connectivity index (χ1) is 14.8. The summed E-state index contributed by atoms with van der Waals surface area (Å²) in [5.74, 6) is 2.78. The lowest BCUT2D eigenvalue weighted by molar-refractivity contribution is 0.403. The SMILES string of the molecule is COc1c(C)nc2cnc(Nc3ccc(N4CCS(=O)(=O)CC4)cn3)cc2c1C(C)C. The number of ether oxygens (including phenoxy) is 1. The second-order valence-corrected chi connectivity index (χ2v) is 10.4. The largest absolute Gasteiger partial charge is 0.495 e. The van der Waals surface area contributed by atoms with E-state index in [1.807, 2.05) is 30.0 Å². The van der Waals surface area contributed by atoms with Gasteiger partial charge in [-0.25, -0.2) is 23.4 Å². The highest BCUT2D eigenvalue weighted by molar-refractivity contribution is 7.91. The summed E-state index contributed by atoms with van der Waals surface area (Å²) >= 11 is 0. The van der Waals surface area contributed by atoms with E-state index in [0.29, 0.717) is 24.7 Å². The molecule has 3 aromatic heterocycles. The predicted octanol–water partition coefficient (Wildman–Crippen LogP) is 3.44. The molecule has 0 aliphatic carbocycles. The smallest absolute Gasteiger partial charge is 0.153 e. The van der Waals surface area contributed by atoms with E-state index in [2.05, 4.69) is 34.1 Å². The highest BCUT2D eigenvalue weighted by Crippen LogP contribution is 2.36. The quantitative estimate of drug-likeness (QED) is 0.643. The molecule has 0 bridgehead atoms. The molecule has 4 rings (SSSR count). The lowest BCUT2D eigenvalue weighted by Crippen LogP contribution is -2.40. The molecule has 9 heteroatoms. The fraction of sp³-hybridized carbons (Fsp3) is 0.409. The maximum absolute atomic E-state index is 11.6. The second kappa shape index (κ2) is 8.30. The van der Waals surface area contributed by atoms with Gasteiger partial charge >= 0.3 is 0 Å². The number of nitrogens with one attached hydrogen (secondary N) is 1. The average molecular weight is 442 g/mol. The van der Waals surface area contributed by atoms with E-state index in [1.165, 1.54) is 0 Å². The number of sulfone groups is 1. The van der Waals surface area contributed by atoms with Crippen molar-refractivity contribution in [1.82, 2.24) is 15.0 Å². The summed E-state index contributed by atoms with van der Waals surface area (Å²) in [5.41, 5.74) is 3.71. The minimum Gasteiger partial charge on any atom is -0.495 e. The van der Waals surface area contributed by atoms with Crippen molar-refractivity contribution in [2.24, 2.45) is 0 Å². The minimum atomic E-state index is -2.90. The van der Waals surface area contributed by atoms with Gasteiger partial charge in [0.05, 0.1) is 47.9 Å². The zero-order valence-electron chi connectivity index (χ0n) is 18.2. The molecule has 1 fully saturated rings. The van der Waals surface area contributed by atoms with Crippen molar-refractivity contribution in [3.05, 3.63) is 41.9 Å². The number of methoxy groups -OCH3 is 1. The van der Waals surface area contributed by atoms with Gasteiger partial charge in [-0.1, -0.05) is 13.8 Å². The van der Waals surface area contributed by atoms with Gasteiger partial charge in [0.1, 0.15) is 17.4 Å². The lowest BCUT2D eigenvalue weighted by Gasteiger charge is -2.28. The molecule has 0 amide bonds. The summed E-state index contributed by atoms with van der Waals surface area (Å²) in [6, 6.07) is 5.80. The molecule has 31 heavy (non-hydrogen) atoms. The zero-order valence-corrected chi connectivity index (χ0v) is 19.0. The lowest BCUT2D eigenvalue weighted by atomic mass is 9.97. The highest BCUT2D eigenvalue weighted by Gasteiger charge is 2.22. The Hall–Kier alpha value is -2.94. The number of aryl methyl sites for hydroxylation is 1. The van der Waals surface area contributed by atoms with Crippen molar-refractivity contribution in [3.8, 4) is 5.75 Å². The van der Waals surface area contributed by atoms with Gasteiger partial charge in [0.25, 0.3) is 0 Å². The van der Waals surface area contributed by atoms with Crippen LogP contribution in [0.5, 0.6) is 5.75 Å². The molecule has 164 valence electrons. The van der Waals surface area contributed by atoms with Gasteiger partial charge in [-0.3, -0.25) is 0 Å². The Morgan fingerprint density at radius 3 is 2.42 bits per heavy atom. The minimum absolute atomic E-state index is 0.184. The monoisotopic (exact) mass is 441 g/mol. The Morgan fingerprint density at radius 1 is 1.10 bits per heavy atom. The van der Waals surface area contributed by atoms with Gasteiger partial charge in [-0.2, -0.15) is 0 Å². The Balaban J connectivity index is 1.59. The number of nitrogens with zero attached hydrogens (tertiary/aromatic N) is 4. The summed E-state index contributed by atoms with van der Waals surface area (Å²) in [6.45, 7) is 7.21. The van der Waals surface area contributed by atoms with Gasteiger partial charge in [-0.15, -0.1) is 0 Å². The van der Waals surface area contributed by atoms with Crippen molar-refractivity contribution in [2.45, 2.75) is 26.7 Å². The number of pyridine rings is 3. The van der Waals surface area contributed by atoms with Crippen LogP contribution in [0.4, 0.5) is 17.3 Å². The van der Waals surface area contributed by atoms with E-state index < -0.39 is 9.84 Å². The number of anilines is 3. The molecule has 1 saturated heterocycles. The van der Waals surface area contributed by atoms with E-state index in [4.69, 9.17) is 4.74 Å². The van der Waals surface area contributed by atoms with E-state index >= 15 is 0 Å². The van der Waals surface area contributed by atoms with Crippen molar-refractivity contribution in [1.29, 1.82) is 0 Å². The summed E-state index contributed by atoms with van der Waals surface area (Å²) < 4.78 is 28.9. The maximum atomic E-state index is 11.6. The van der Waals surface area contributed by atoms with Crippen LogP contribution in [0, 0.1) is 6.92 Å². The van der Waals surface area contributed by atoms with Crippen LogP contribution in [0.2, 0.25) is 0 Å². The second-order valence-electron chi connectivity index (χ2n) is 8.05. The molecule has 0 atom stereocenters. The number of rotatable bonds is 5. The van der Waals surface area contributed by atoms with Crippen molar-refractivity contribution >= 4 is 38.1 Å². The zero-order chi connectivity index (χ0) is 22.2. The predicted molar refractivity (Wildman–Crippen MR) is 123 cm³/mol. The molecule has 8 nitrogen and oxygen atoms in total. The van der Waals surface area contributed by atoms with Crippen LogP contribution in [0.3, 0.4) is 0 Å². The van der Waals surface area contributed by atoms with Crippen LogP contribution in [0.15, 0.2) is 30.6 Å². The van der Waals surface area contributed by atoms with Crippen molar-refractivity contribution < 1.29 is 13.2 Å². The van der Waals surface area contributed by atoms with Gasteiger partial charge in [0, 0.05) is 24.0 Å². The third-order valence-corrected chi connectivity index (χ3v) is 7.14. The number of fused-ring (bicyclic) bond motifs is 1. The molecule has 0 spiro atoms. The number of aromatic nitrogens is 3. The molecule has 3 aromatic rings. The molecular formula is C22H27N5O3S. The molecule has 1 aliphatic rings. The molecule has 0 saturated carbocycles. The fourth-order valence-corrected chi connectivity index (χ4v) is 5.15. The van der Waals surface area contributed by atoms with Gasteiger partial charge in [0.2, 0.25) is 0 Å². The molecule has 4 heterocycles. The van der Waals surface area contributed by atoms with E-state index in [1.54, 1.807) is 19.5 Å². The molecular weight excluding hydrogens is 414 g/mol. The van der Waals surface area contributed by atoms with Crippen LogP contribution < -0.4 is 15.0 Å². The first kappa shape index (κ1) is 21.3. The molecule has 0 aromatic carbocycles. The van der Waals surface area contributed by atoms with Crippen LogP contribution in [-0.2, 0) is 9.84 Å². The Kier molecular flexibility index (Phi) is 5.70. The van der Waals surface area contributed by atoms with E-state index in [0.717, 1.165) is 33.6 Å². The molecule has 0 unspecified atom stereocenters. The summed E-state index contributed by atoms with van der Waals surface area (Å²) in [4.78, 5) is 15.7. The number of hydrogen-bond donors (Lipinski definition) is 1. The molecule has 1 N–H and O–H groups in total. The van der Waals surface area contributed by atoms with Crippen LogP contribution >= 0.6 is 0 Å². The Labute approximate surface area is 182 Å². The average Bonchev–Trinajstić information content (AvgIpc) is 2.73. The van der Waals surface area contributed by atoms with E-state index in [-0.39, 0.29) is 17.4 Å². The molecule has 1 aliphatic heterocycles. The van der Waals surface area contributed by atoms with Crippen LogP contribution in [0.1, 0.15) is 31.0 Å². The highest BCUT2D eigenvalue weighted by atomic mass is 32.2. The van der Waals surface area contributed by atoms with Gasteiger partial charge < -0.3 is 15.0 Å². The number of hydrogen-bond acceptors (Lipinski definition) is 8. The first-order valence-electron chi connectivity index (χ1n) is 10.3. The van der Waals surface area contributed by atoms with Crippen LogP contribution in [0.25, 0.3) is 10.9 Å². The standard InChI is InChI=1S/C22H27N5O3S/c1-14(2)21-17-11-20(24-13-18(17)25-15(3)22(21)30-4)26-19-6-5-16(12-23-19)27-7-9-31(28,29)10-8-27/h5-6,11-14H,7-10H2,1-4H3,(H,23,24,26). The van der Waals surface area contributed by atoms with Gasteiger partial charge in [-0.05, 0) is 31.0 Å². The fourth-order valence-electron chi connectivity index (χ4n) is 3.95. The normalized spacial score (nSPS) is 16.0. The summed E-state index contributed by atoms with van der Waals surface area (Å²) in [6.07, 6.45) is 3.52. The Bertz CT molecular complexity index is 1200. The van der Waals surface area contributed by atoms with Gasteiger partial charge in [0.15, 0.2) is 9.84 Å². The van der Waals surface area contributed by atoms with Crippen molar-refractivity contribution in [2.75, 3.05) is 41.9 Å².